The van der Waals surface area contributed by atoms with Crippen LogP contribution in [0.2, 0.25) is 0 Å². The van der Waals surface area contributed by atoms with Crippen molar-refractivity contribution in [3.63, 3.8) is 0 Å². The Bertz CT molecular complexity index is 443. The maximum absolute atomic E-state index is 11.6. The fourth-order valence-corrected chi connectivity index (χ4v) is 1.84. The second-order valence-corrected chi connectivity index (χ2v) is 4.76. The average Bonchev–Trinajstić information content (AvgIpc) is 3.21. The van der Waals surface area contributed by atoms with Gasteiger partial charge in [-0.1, -0.05) is 30.3 Å². The van der Waals surface area contributed by atoms with Gasteiger partial charge < -0.3 is 15.7 Å². The molecule has 1 aromatic carbocycles. The van der Waals surface area contributed by atoms with Crippen molar-refractivity contribution in [3.05, 3.63) is 35.9 Å². The molecule has 1 aromatic rings. The van der Waals surface area contributed by atoms with Crippen LogP contribution in [0.15, 0.2) is 30.3 Å². The highest BCUT2D eigenvalue weighted by molar-refractivity contribution is 5.80. The lowest BCUT2D eigenvalue weighted by atomic mass is 9.99. The third kappa shape index (κ3) is 4.37. The second-order valence-electron chi connectivity index (χ2n) is 4.76. The van der Waals surface area contributed by atoms with Gasteiger partial charge in [-0.05, 0) is 18.4 Å². The van der Waals surface area contributed by atoms with Gasteiger partial charge in [-0.15, -0.1) is 0 Å². The highest BCUT2D eigenvalue weighted by Gasteiger charge is 2.23. The van der Waals surface area contributed by atoms with E-state index in [4.69, 9.17) is 0 Å². The lowest BCUT2D eigenvalue weighted by Crippen LogP contribution is -2.38. The topological polar surface area (TPSA) is 78.4 Å². The first kappa shape index (κ1) is 13.5. The van der Waals surface area contributed by atoms with Crippen molar-refractivity contribution < 1.29 is 14.7 Å². The van der Waals surface area contributed by atoms with E-state index in [9.17, 15) is 14.7 Å². The molecule has 19 heavy (non-hydrogen) atoms. The van der Waals surface area contributed by atoms with Gasteiger partial charge in [0.2, 0.25) is 5.91 Å². The van der Waals surface area contributed by atoms with Gasteiger partial charge in [-0.3, -0.25) is 9.59 Å². The fraction of sp³-hybridized carbons (Fsp3) is 0.429. The van der Waals surface area contributed by atoms with Gasteiger partial charge in [0.25, 0.3) is 0 Å². The third-order valence-electron chi connectivity index (χ3n) is 3.13. The van der Waals surface area contributed by atoms with Gasteiger partial charge >= 0.3 is 5.97 Å². The normalized spacial score (nSPS) is 15.8. The van der Waals surface area contributed by atoms with Crippen molar-refractivity contribution in [2.45, 2.75) is 24.8 Å². The molecule has 1 unspecified atom stereocenters. The highest BCUT2D eigenvalue weighted by Crippen LogP contribution is 2.18. The zero-order valence-electron chi connectivity index (χ0n) is 10.6. The summed E-state index contributed by atoms with van der Waals surface area (Å²) in [6, 6.07) is 9.40. The molecule has 0 radical (unpaired) electrons. The molecule has 1 amide bonds. The lowest BCUT2D eigenvalue weighted by Gasteiger charge is -2.14. The number of carboxylic acid groups (broad SMARTS) is 1. The van der Waals surface area contributed by atoms with Crippen LogP contribution in [-0.4, -0.2) is 36.1 Å². The summed E-state index contributed by atoms with van der Waals surface area (Å²) in [6.45, 7) is 0.371. The number of benzene rings is 1. The van der Waals surface area contributed by atoms with E-state index in [1.54, 1.807) is 24.3 Å². The summed E-state index contributed by atoms with van der Waals surface area (Å²) < 4.78 is 0. The van der Waals surface area contributed by atoms with E-state index >= 15 is 0 Å². The number of amides is 1. The van der Waals surface area contributed by atoms with Crippen LogP contribution in [0.3, 0.4) is 0 Å². The molecule has 0 heterocycles. The smallest absolute Gasteiger partial charge is 0.312 e. The van der Waals surface area contributed by atoms with Crippen LogP contribution in [0.1, 0.15) is 24.3 Å². The number of aliphatic carboxylic acids is 1. The van der Waals surface area contributed by atoms with Crippen LogP contribution >= 0.6 is 0 Å². The van der Waals surface area contributed by atoms with E-state index in [-0.39, 0.29) is 19.0 Å². The lowest BCUT2D eigenvalue weighted by molar-refractivity contribution is -0.138. The molecule has 1 saturated carbocycles. The largest absolute Gasteiger partial charge is 0.481 e. The summed E-state index contributed by atoms with van der Waals surface area (Å²) in [5.41, 5.74) is 0.699. The predicted molar refractivity (Wildman–Crippen MR) is 70.9 cm³/mol. The number of carbonyl (C=O) groups is 2. The minimum absolute atomic E-state index is 0.116. The van der Waals surface area contributed by atoms with E-state index in [1.807, 2.05) is 6.07 Å². The van der Waals surface area contributed by atoms with E-state index in [0.29, 0.717) is 11.6 Å². The van der Waals surface area contributed by atoms with E-state index in [1.165, 1.54) is 0 Å². The fourth-order valence-electron chi connectivity index (χ4n) is 1.84. The average molecular weight is 262 g/mol. The Kier molecular flexibility index (Phi) is 4.52. The summed E-state index contributed by atoms with van der Waals surface area (Å²) in [5.74, 6) is -1.79. The summed E-state index contributed by atoms with van der Waals surface area (Å²) in [4.78, 5) is 22.8. The van der Waals surface area contributed by atoms with Crippen molar-refractivity contribution >= 4 is 11.9 Å². The van der Waals surface area contributed by atoms with E-state index in [0.717, 1.165) is 12.8 Å². The SMILES string of the molecule is O=C(CNC1CC1)NCC(C(=O)O)c1ccccc1. The van der Waals surface area contributed by atoms with Crippen molar-refractivity contribution in [1.29, 1.82) is 0 Å². The van der Waals surface area contributed by atoms with Crippen LogP contribution in [0.4, 0.5) is 0 Å². The molecule has 0 spiro atoms. The maximum atomic E-state index is 11.6. The molecule has 0 aliphatic heterocycles. The molecule has 5 heteroatoms. The van der Waals surface area contributed by atoms with Crippen molar-refractivity contribution in [2.24, 2.45) is 0 Å². The Morgan fingerprint density at radius 3 is 2.53 bits per heavy atom. The molecule has 102 valence electrons. The van der Waals surface area contributed by atoms with Gasteiger partial charge in [0.05, 0.1) is 12.5 Å². The predicted octanol–water partition coefficient (Wildman–Crippen LogP) is 0.723. The first-order chi connectivity index (χ1) is 9.16. The van der Waals surface area contributed by atoms with Crippen molar-refractivity contribution in [3.8, 4) is 0 Å². The van der Waals surface area contributed by atoms with Gasteiger partial charge in [-0.25, -0.2) is 0 Å². The Morgan fingerprint density at radius 2 is 1.95 bits per heavy atom. The zero-order valence-corrected chi connectivity index (χ0v) is 10.6. The standard InChI is InChI=1S/C14H18N2O3/c17-13(9-15-11-6-7-11)16-8-12(14(18)19)10-4-2-1-3-5-10/h1-5,11-12,15H,6-9H2,(H,16,17)(H,18,19). The van der Waals surface area contributed by atoms with E-state index in [2.05, 4.69) is 10.6 Å². The highest BCUT2D eigenvalue weighted by atomic mass is 16.4. The second kappa shape index (κ2) is 6.33. The number of rotatable bonds is 7. The molecule has 0 bridgehead atoms. The number of carboxylic acids is 1. The quantitative estimate of drug-likeness (QED) is 0.676. The third-order valence-corrected chi connectivity index (χ3v) is 3.13. The summed E-state index contributed by atoms with van der Waals surface area (Å²) in [7, 11) is 0. The number of hydrogen-bond donors (Lipinski definition) is 3. The Hall–Kier alpha value is -1.88. The minimum atomic E-state index is -0.929. The Labute approximate surface area is 112 Å². The monoisotopic (exact) mass is 262 g/mol. The summed E-state index contributed by atoms with van der Waals surface area (Å²) in [5, 5.41) is 15.0. The molecule has 2 rings (SSSR count). The zero-order chi connectivity index (χ0) is 13.7. The molecule has 0 saturated heterocycles. The van der Waals surface area contributed by atoms with E-state index < -0.39 is 11.9 Å². The summed E-state index contributed by atoms with van der Waals surface area (Å²) >= 11 is 0. The number of hydrogen-bond acceptors (Lipinski definition) is 3. The molecular weight excluding hydrogens is 244 g/mol. The number of carbonyl (C=O) groups excluding carboxylic acids is 1. The van der Waals surface area contributed by atoms with Crippen molar-refractivity contribution in [1.82, 2.24) is 10.6 Å². The van der Waals surface area contributed by atoms with Crippen LogP contribution in [0.5, 0.6) is 0 Å². The molecular formula is C14H18N2O3. The van der Waals surface area contributed by atoms with Crippen LogP contribution in [-0.2, 0) is 9.59 Å². The number of nitrogens with one attached hydrogen (secondary N) is 2. The van der Waals surface area contributed by atoms with Crippen LogP contribution in [0, 0.1) is 0 Å². The van der Waals surface area contributed by atoms with Gasteiger partial charge in [0.1, 0.15) is 0 Å². The molecule has 1 aliphatic carbocycles. The van der Waals surface area contributed by atoms with Crippen LogP contribution < -0.4 is 10.6 Å². The summed E-state index contributed by atoms with van der Waals surface area (Å²) in [6.07, 6.45) is 2.24. The molecule has 3 N–H and O–H groups in total. The first-order valence-electron chi connectivity index (χ1n) is 6.44. The molecule has 1 fully saturated rings. The van der Waals surface area contributed by atoms with Gasteiger partial charge in [0.15, 0.2) is 0 Å². The molecule has 0 aromatic heterocycles. The Balaban J connectivity index is 1.83. The van der Waals surface area contributed by atoms with Crippen LogP contribution in [0.25, 0.3) is 0 Å². The van der Waals surface area contributed by atoms with Crippen molar-refractivity contribution in [2.75, 3.05) is 13.1 Å². The minimum Gasteiger partial charge on any atom is -0.481 e. The molecule has 1 atom stereocenters. The molecule has 5 nitrogen and oxygen atoms in total. The molecule has 1 aliphatic rings. The van der Waals surface area contributed by atoms with Gasteiger partial charge in [-0.2, -0.15) is 0 Å². The van der Waals surface area contributed by atoms with Gasteiger partial charge in [0, 0.05) is 12.6 Å². The first-order valence-corrected chi connectivity index (χ1v) is 6.44. The Morgan fingerprint density at radius 1 is 1.26 bits per heavy atom. The maximum Gasteiger partial charge on any atom is 0.312 e.